The van der Waals surface area contributed by atoms with Gasteiger partial charge in [-0.1, -0.05) is 38.1 Å². The summed E-state index contributed by atoms with van der Waals surface area (Å²) < 4.78 is 16.6. The molecule has 2 aliphatic rings. The Balaban J connectivity index is 1.29. The maximum absolute atomic E-state index is 14.8. The Labute approximate surface area is 244 Å². The number of nitrogens with one attached hydrogen (secondary N) is 2. The summed E-state index contributed by atoms with van der Waals surface area (Å²) in [6.07, 6.45) is 7.10. The number of carbonyl (C=O) groups excluding carboxylic acids is 2. The molecule has 0 aliphatic heterocycles. The van der Waals surface area contributed by atoms with Crippen molar-refractivity contribution in [3.63, 3.8) is 0 Å². The molecule has 1 saturated carbocycles. The normalized spacial score (nSPS) is 17.5. The number of aryl methyl sites for hydroxylation is 3. The monoisotopic (exact) mass is 566 g/mol. The molecule has 0 saturated heterocycles. The van der Waals surface area contributed by atoms with Crippen molar-refractivity contribution in [2.45, 2.75) is 70.0 Å². The average molecular weight is 567 g/mol. The zero-order valence-corrected chi connectivity index (χ0v) is 24.3. The van der Waals surface area contributed by atoms with E-state index in [1.165, 1.54) is 0 Å². The number of hydrogen-bond acceptors (Lipinski definition) is 5. The van der Waals surface area contributed by atoms with Gasteiger partial charge in [0.2, 0.25) is 5.91 Å². The zero-order chi connectivity index (χ0) is 29.6. The second kappa shape index (κ2) is 10.8. The molecule has 6 rings (SSSR count). The smallest absolute Gasteiger partial charge is 0.258 e. The number of rotatable bonds is 8. The summed E-state index contributed by atoms with van der Waals surface area (Å²) in [5, 5.41) is 10.1. The minimum absolute atomic E-state index is 0.179. The van der Waals surface area contributed by atoms with Crippen molar-refractivity contribution in [3.8, 4) is 22.5 Å². The molecule has 1 unspecified atom stereocenters. The molecule has 2 aliphatic carbocycles. The van der Waals surface area contributed by atoms with Crippen LogP contribution in [0, 0.1) is 6.92 Å². The largest absolute Gasteiger partial charge is 0.341 e. The predicted molar refractivity (Wildman–Crippen MR) is 160 cm³/mol. The maximum atomic E-state index is 14.8. The molecule has 2 atom stereocenters. The predicted octanol–water partition coefficient (Wildman–Crippen LogP) is 5.63. The lowest BCUT2D eigenvalue weighted by atomic mass is 9.90. The summed E-state index contributed by atoms with van der Waals surface area (Å²) in [6.45, 7) is 6.15. The van der Waals surface area contributed by atoms with Gasteiger partial charge in [-0.15, -0.1) is 0 Å². The van der Waals surface area contributed by atoms with E-state index < -0.39 is 17.6 Å². The minimum Gasteiger partial charge on any atom is -0.341 e. The maximum Gasteiger partial charge on any atom is 0.258 e. The second-order valence-corrected chi connectivity index (χ2v) is 11.8. The van der Waals surface area contributed by atoms with E-state index in [4.69, 9.17) is 4.98 Å². The van der Waals surface area contributed by atoms with Gasteiger partial charge in [-0.25, -0.2) is 9.37 Å². The third-order valence-corrected chi connectivity index (χ3v) is 8.43. The summed E-state index contributed by atoms with van der Waals surface area (Å²) in [5.41, 5.74) is 6.36. The molecule has 4 aromatic rings. The molecular formula is C33H35FN6O2. The van der Waals surface area contributed by atoms with Crippen molar-refractivity contribution in [1.29, 1.82) is 0 Å². The van der Waals surface area contributed by atoms with E-state index in [1.54, 1.807) is 12.4 Å². The quantitative estimate of drug-likeness (QED) is 0.288. The van der Waals surface area contributed by atoms with Gasteiger partial charge in [0.25, 0.3) is 5.91 Å². The molecule has 216 valence electrons. The van der Waals surface area contributed by atoms with Gasteiger partial charge in [0, 0.05) is 36.0 Å². The molecule has 8 nitrogen and oxygen atoms in total. The Bertz CT molecular complexity index is 1640. The van der Waals surface area contributed by atoms with Gasteiger partial charge >= 0.3 is 0 Å². The lowest BCUT2D eigenvalue weighted by Crippen LogP contribution is -2.50. The summed E-state index contributed by atoms with van der Waals surface area (Å²) in [5.74, 6) is -1.17. The highest BCUT2D eigenvalue weighted by Gasteiger charge is 2.52. The molecule has 2 N–H and O–H groups in total. The first-order chi connectivity index (χ1) is 20.1. The Morgan fingerprint density at radius 2 is 1.79 bits per heavy atom. The van der Waals surface area contributed by atoms with Crippen LogP contribution in [0.5, 0.6) is 0 Å². The first-order valence-electron chi connectivity index (χ1n) is 14.5. The lowest BCUT2D eigenvalue weighted by Gasteiger charge is -2.26. The Hall–Kier alpha value is -4.40. The van der Waals surface area contributed by atoms with Crippen LogP contribution >= 0.6 is 0 Å². The van der Waals surface area contributed by atoms with E-state index in [0.29, 0.717) is 12.1 Å². The fourth-order valence-corrected chi connectivity index (χ4v) is 5.79. The molecule has 1 fully saturated rings. The number of alkyl halides is 1. The van der Waals surface area contributed by atoms with Crippen LogP contribution in [-0.4, -0.2) is 43.3 Å². The third kappa shape index (κ3) is 5.31. The highest BCUT2D eigenvalue weighted by atomic mass is 19.1. The standard InChI is InChI=1S/C33H35FN6O2/c1-19(2)27-17-35-18-28(38-27)23-6-5-21-9-12-25(26(21)15-23)29(39-32(42)33(34)13-14-33)31(41)37-24-10-7-22(8-11-24)30-20(3)16-36-40(30)4/h5-8,10-11,15-19,25,29H,9,12-14H2,1-4H3,(H,37,41)(H,39,42)/t25-,29?/m1/s1. The van der Waals surface area contributed by atoms with Crippen LogP contribution < -0.4 is 10.6 Å². The van der Waals surface area contributed by atoms with Crippen LogP contribution in [-0.2, 0) is 23.1 Å². The Morgan fingerprint density at radius 3 is 2.45 bits per heavy atom. The van der Waals surface area contributed by atoms with Gasteiger partial charge in [0.1, 0.15) is 6.04 Å². The van der Waals surface area contributed by atoms with Crippen LogP contribution in [0.1, 0.15) is 67.3 Å². The van der Waals surface area contributed by atoms with Gasteiger partial charge in [0.15, 0.2) is 5.67 Å². The summed E-state index contributed by atoms with van der Waals surface area (Å²) in [4.78, 5) is 35.9. The van der Waals surface area contributed by atoms with Crippen LogP contribution in [0.15, 0.2) is 61.1 Å². The molecule has 9 heteroatoms. The number of benzene rings is 2. The first-order valence-corrected chi connectivity index (χ1v) is 14.5. The number of carbonyl (C=O) groups is 2. The first kappa shape index (κ1) is 27.8. The minimum atomic E-state index is -1.89. The van der Waals surface area contributed by atoms with E-state index in [1.807, 2.05) is 61.2 Å². The van der Waals surface area contributed by atoms with E-state index in [-0.39, 0.29) is 30.6 Å². The molecule has 2 aromatic carbocycles. The lowest BCUT2D eigenvalue weighted by molar-refractivity contribution is -0.131. The van der Waals surface area contributed by atoms with Crippen molar-refractivity contribution >= 4 is 17.5 Å². The number of anilines is 1. The van der Waals surface area contributed by atoms with Crippen molar-refractivity contribution in [1.82, 2.24) is 25.1 Å². The van der Waals surface area contributed by atoms with E-state index in [2.05, 4.69) is 40.6 Å². The van der Waals surface area contributed by atoms with Gasteiger partial charge in [-0.3, -0.25) is 19.3 Å². The number of aromatic nitrogens is 4. The van der Waals surface area contributed by atoms with Gasteiger partial charge in [-0.05, 0) is 73.4 Å². The molecule has 2 heterocycles. The molecular weight excluding hydrogens is 531 g/mol. The molecule has 42 heavy (non-hydrogen) atoms. The SMILES string of the molecule is Cc1cnn(C)c1-c1ccc(NC(=O)C(NC(=O)C2(F)CC2)[C@@H]2CCc3ccc(-c4cncc(C(C)C)n4)cc32)cc1. The highest BCUT2D eigenvalue weighted by molar-refractivity contribution is 6.00. The number of fused-ring (bicyclic) bond motifs is 1. The highest BCUT2D eigenvalue weighted by Crippen LogP contribution is 2.42. The molecule has 0 spiro atoms. The van der Waals surface area contributed by atoms with Gasteiger partial charge < -0.3 is 10.6 Å². The fourth-order valence-electron chi connectivity index (χ4n) is 5.79. The van der Waals surface area contributed by atoms with E-state index >= 15 is 0 Å². The van der Waals surface area contributed by atoms with Crippen molar-refractivity contribution in [2.75, 3.05) is 5.32 Å². The third-order valence-electron chi connectivity index (χ3n) is 8.43. The number of amides is 2. The van der Waals surface area contributed by atoms with E-state index in [0.717, 1.165) is 51.3 Å². The van der Waals surface area contributed by atoms with Gasteiger partial charge in [-0.2, -0.15) is 5.10 Å². The van der Waals surface area contributed by atoms with Gasteiger partial charge in [0.05, 0.1) is 29.5 Å². The number of nitrogens with zero attached hydrogens (tertiary/aromatic N) is 4. The van der Waals surface area contributed by atoms with Crippen LogP contribution in [0.2, 0.25) is 0 Å². The summed E-state index contributed by atoms with van der Waals surface area (Å²) >= 11 is 0. The van der Waals surface area contributed by atoms with Crippen molar-refractivity contribution < 1.29 is 14.0 Å². The number of hydrogen-bond donors (Lipinski definition) is 2. The summed E-state index contributed by atoms with van der Waals surface area (Å²) in [6, 6.07) is 12.7. The van der Waals surface area contributed by atoms with E-state index in [9.17, 15) is 14.0 Å². The fraction of sp³-hybridized carbons (Fsp3) is 0.364. The molecule has 0 bridgehead atoms. The number of halogens is 1. The average Bonchev–Trinajstić information content (AvgIpc) is 3.47. The Morgan fingerprint density at radius 1 is 1.05 bits per heavy atom. The zero-order valence-electron chi connectivity index (χ0n) is 24.3. The molecule has 2 amide bonds. The van der Waals surface area contributed by atoms with Crippen LogP contribution in [0.25, 0.3) is 22.5 Å². The van der Waals surface area contributed by atoms with Crippen LogP contribution in [0.3, 0.4) is 0 Å². The molecule has 0 radical (unpaired) electrons. The topological polar surface area (TPSA) is 102 Å². The summed E-state index contributed by atoms with van der Waals surface area (Å²) in [7, 11) is 1.89. The van der Waals surface area contributed by atoms with Crippen LogP contribution in [0.4, 0.5) is 10.1 Å². The van der Waals surface area contributed by atoms with Crippen molar-refractivity contribution in [3.05, 3.63) is 83.4 Å². The van der Waals surface area contributed by atoms with Crippen molar-refractivity contribution in [2.24, 2.45) is 7.05 Å². The Kier molecular flexibility index (Phi) is 7.12. The second-order valence-electron chi connectivity index (χ2n) is 11.8. The molecule has 2 aromatic heterocycles.